The molecule has 1 amide bonds. The van der Waals surface area contributed by atoms with E-state index in [2.05, 4.69) is 34.4 Å². The zero-order chi connectivity index (χ0) is 14.1. The summed E-state index contributed by atoms with van der Waals surface area (Å²) in [5.74, 6) is 1.93. The minimum absolute atomic E-state index is 0.145. The summed E-state index contributed by atoms with van der Waals surface area (Å²) in [5.41, 5.74) is 1.09. The van der Waals surface area contributed by atoms with Gasteiger partial charge in [-0.15, -0.1) is 11.3 Å². The molecule has 1 saturated heterocycles. The van der Waals surface area contributed by atoms with E-state index in [1.54, 1.807) is 11.3 Å². The first-order valence-electron chi connectivity index (χ1n) is 7.57. The van der Waals surface area contributed by atoms with Gasteiger partial charge in [0.15, 0.2) is 5.13 Å². The second-order valence-electron chi connectivity index (χ2n) is 6.55. The number of likely N-dealkylation sites (tertiary alicyclic amines) is 1. The highest BCUT2D eigenvalue weighted by molar-refractivity contribution is 7.13. The number of carbonyl (C=O) groups excluding carboxylic acids is 1. The van der Waals surface area contributed by atoms with Crippen LogP contribution in [0.15, 0.2) is 5.38 Å². The van der Waals surface area contributed by atoms with Gasteiger partial charge in [-0.1, -0.05) is 13.8 Å². The lowest BCUT2D eigenvalue weighted by Gasteiger charge is -2.34. The van der Waals surface area contributed by atoms with Gasteiger partial charge >= 0.3 is 0 Å². The fourth-order valence-electron chi connectivity index (χ4n) is 3.14. The predicted molar refractivity (Wildman–Crippen MR) is 81.7 cm³/mol. The van der Waals surface area contributed by atoms with Crippen molar-refractivity contribution in [1.82, 2.24) is 9.88 Å². The summed E-state index contributed by atoms with van der Waals surface area (Å²) in [5, 5.41) is 5.76. The summed E-state index contributed by atoms with van der Waals surface area (Å²) in [6.45, 7) is 7.87. The fourth-order valence-corrected chi connectivity index (χ4v) is 3.84. The third-order valence-corrected chi connectivity index (χ3v) is 4.87. The molecule has 0 radical (unpaired) electrons. The molecule has 110 valence electrons. The fraction of sp³-hybridized carbons (Fsp3) is 0.733. The van der Waals surface area contributed by atoms with Crippen molar-refractivity contribution in [2.45, 2.75) is 39.7 Å². The molecule has 0 aromatic carbocycles. The van der Waals surface area contributed by atoms with Crippen molar-refractivity contribution >= 4 is 22.4 Å². The van der Waals surface area contributed by atoms with Crippen molar-refractivity contribution in [1.29, 1.82) is 0 Å². The molecule has 2 aliphatic rings. The molecule has 1 saturated carbocycles. The Labute approximate surface area is 124 Å². The van der Waals surface area contributed by atoms with E-state index in [1.165, 1.54) is 6.42 Å². The number of hydrogen-bond donors (Lipinski definition) is 1. The first-order valence-corrected chi connectivity index (χ1v) is 8.45. The van der Waals surface area contributed by atoms with E-state index < -0.39 is 0 Å². The Morgan fingerprint density at radius 2 is 2.10 bits per heavy atom. The van der Waals surface area contributed by atoms with Gasteiger partial charge in [0.2, 0.25) is 5.91 Å². The van der Waals surface area contributed by atoms with Crippen molar-refractivity contribution in [3.05, 3.63) is 11.1 Å². The van der Waals surface area contributed by atoms with Crippen molar-refractivity contribution in [2.75, 3.05) is 18.4 Å². The van der Waals surface area contributed by atoms with Crippen LogP contribution in [0.5, 0.6) is 0 Å². The second kappa shape index (κ2) is 5.82. The minimum Gasteiger partial charge on any atom is -0.302 e. The summed E-state index contributed by atoms with van der Waals surface area (Å²) in [6, 6.07) is 0. The van der Waals surface area contributed by atoms with Gasteiger partial charge in [0.05, 0.1) is 5.69 Å². The van der Waals surface area contributed by atoms with E-state index in [9.17, 15) is 4.79 Å². The molecule has 2 unspecified atom stereocenters. The van der Waals surface area contributed by atoms with Gasteiger partial charge in [-0.3, -0.25) is 9.69 Å². The lowest BCUT2D eigenvalue weighted by molar-refractivity contribution is -0.117. The molecule has 0 bridgehead atoms. The molecule has 1 aromatic heterocycles. The summed E-state index contributed by atoms with van der Waals surface area (Å²) in [4.78, 5) is 18.7. The van der Waals surface area contributed by atoms with Crippen molar-refractivity contribution in [3.63, 3.8) is 0 Å². The topological polar surface area (TPSA) is 45.2 Å². The molecule has 3 rings (SSSR count). The van der Waals surface area contributed by atoms with Crippen LogP contribution >= 0.6 is 11.3 Å². The first-order chi connectivity index (χ1) is 9.60. The van der Waals surface area contributed by atoms with E-state index in [4.69, 9.17) is 0 Å². The van der Waals surface area contributed by atoms with Crippen molar-refractivity contribution in [2.24, 2.45) is 17.8 Å². The second-order valence-corrected chi connectivity index (χ2v) is 7.41. The maximum absolute atomic E-state index is 11.7. The Kier molecular flexibility index (Phi) is 4.08. The van der Waals surface area contributed by atoms with Crippen LogP contribution in [-0.2, 0) is 11.3 Å². The number of anilines is 1. The first kappa shape index (κ1) is 14.0. The Bertz CT molecular complexity index is 473. The third kappa shape index (κ3) is 3.58. The van der Waals surface area contributed by atoms with Crippen LogP contribution in [0.2, 0.25) is 0 Å². The van der Waals surface area contributed by atoms with E-state index >= 15 is 0 Å². The molecule has 2 atom stereocenters. The van der Waals surface area contributed by atoms with Crippen LogP contribution in [0.4, 0.5) is 5.13 Å². The molecule has 1 aliphatic carbocycles. The highest BCUT2D eigenvalue weighted by atomic mass is 32.1. The van der Waals surface area contributed by atoms with Crippen molar-refractivity contribution < 1.29 is 4.79 Å². The van der Waals surface area contributed by atoms with Gasteiger partial charge in [0, 0.05) is 30.9 Å². The molecule has 1 aromatic rings. The highest BCUT2D eigenvalue weighted by Crippen LogP contribution is 2.31. The van der Waals surface area contributed by atoms with Gasteiger partial charge in [-0.05, 0) is 31.1 Å². The van der Waals surface area contributed by atoms with E-state index in [-0.39, 0.29) is 11.8 Å². The zero-order valence-corrected chi connectivity index (χ0v) is 13.1. The largest absolute Gasteiger partial charge is 0.302 e. The number of hydrogen-bond acceptors (Lipinski definition) is 4. The van der Waals surface area contributed by atoms with Crippen LogP contribution < -0.4 is 5.32 Å². The molecule has 5 heteroatoms. The number of aromatic nitrogens is 1. The Balaban J connectivity index is 1.55. The van der Waals surface area contributed by atoms with Crippen LogP contribution in [0.3, 0.4) is 0 Å². The Morgan fingerprint density at radius 1 is 1.40 bits per heavy atom. The SMILES string of the molecule is CC1CC(C)CN(Cc2csc(NC(=O)C3CC3)n2)C1. The van der Waals surface area contributed by atoms with Gasteiger partial charge in [-0.25, -0.2) is 4.98 Å². The number of nitrogens with one attached hydrogen (secondary N) is 1. The molecule has 0 spiro atoms. The molecular weight excluding hydrogens is 270 g/mol. The van der Waals surface area contributed by atoms with Crippen LogP contribution in [0.25, 0.3) is 0 Å². The van der Waals surface area contributed by atoms with Crippen molar-refractivity contribution in [3.8, 4) is 0 Å². The summed E-state index contributed by atoms with van der Waals surface area (Å²) >= 11 is 1.54. The average molecular weight is 293 g/mol. The molecule has 2 heterocycles. The standard InChI is InChI=1S/C15H23N3OS/c1-10-5-11(2)7-18(6-10)8-13-9-20-15(16-13)17-14(19)12-3-4-12/h9-12H,3-8H2,1-2H3,(H,16,17,19). The van der Waals surface area contributed by atoms with Gasteiger partial charge in [0.1, 0.15) is 0 Å². The summed E-state index contributed by atoms with van der Waals surface area (Å²) in [7, 11) is 0. The highest BCUT2D eigenvalue weighted by Gasteiger charge is 2.30. The number of rotatable bonds is 4. The quantitative estimate of drug-likeness (QED) is 0.928. The Morgan fingerprint density at radius 3 is 2.75 bits per heavy atom. The van der Waals surface area contributed by atoms with Crippen LogP contribution in [-0.4, -0.2) is 28.9 Å². The van der Waals surface area contributed by atoms with Crippen LogP contribution in [0.1, 0.15) is 38.8 Å². The van der Waals surface area contributed by atoms with E-state index in [0.29, 0.717) is 0 Å². The number of carbonyl (C=O) groups is 1. The summed E-state index contributed by atoms with van der Waals surface area (Å²) < 4.78 is 0. The number of nitrogens with zero attached hydrogens (tertiary/aromatic N) is 2. The molecular formula is C15H23N3OS. The number of piperidine rings is 1. The molecule has 1 N–H and O–H groups in total. The Hall–Kier alpha value is -0.940. The van der Waals surface area contributed by atoms with E-state index in [1.807, 2.05) is 0 Å². The summed E-state index contributed by atoms with van der Waals surface area (Å²) in [6.07, 6.45) is 3.40. The molecule has 4 nitrogen and oxygen atoms in total. The lowest BCUT2D eigenvalue weighted by Crippen LogP contribution is -2.38. The molecule has 20 heavy (non-hydrogen) atoms. The molecule has 1 aliphatic heterocycles. The van der Waals surface area contributed by atoms with Gasteiger partial charge in [0.25, 0.3) is 0 Å². The number of thiazole rings is 1. The monoisotopic (exact) mass is 293 g/mol. The minimum atomic E-state index is 0.145. The molecule has 2 fully saturated rings. The van der Waals surface area contributed by atoms with Crippen LogP contribution in [0, 0.1) is 17.8 Å². The lowest BCUT2D eigenvalue weighted by atomic mass is 9.92. The van der Waals surface area contributed by atoms with E-state index in [0.717, 1.165) is 55.1 Å². The predicted octanol–water partition coefficient (Wildman–Crippen LogP) is 2.97. The van der Waals surface area contributed by atoms with Gasteiger partial charge in [-0.2, -0.15) is 0 Å². The number of amides is 1. The smallest absolute Gasteiger partial charge is 0.229 e. The average Bonchev–Trinajstić information content (AvgIpc) is 3.12. The normalized spacial score (nSPS) is 27.5. The van der Waals surface area contributed by atoms with Gasteiger partial charge < -0.3 is 5.32 Å². The third-order valence-electron chi connectivity index (χ3n) is 4.06. The maximum Gasteiger partial charge on any atom is 0.229 e. The zero-order valence-electron chi connectivity index (χ0n) is 12.3. The maximum atomic E-state index is 11.7.